The molecule has 0 fully saturated rings. The van der Waals surface area contributed by atoms with Crippen LogP contribution < -0.4 is 10.6 Å². The molecule has 0 spiro atoms. The van der Waals surface area contributed by atoms with Crippen molar-refractivity contribution in [3.63, 3.8) is 0 Å². The summed E-state index contributed by atoms with van der Waals surface area (Å²) < 4.78 is 4.88. The van der Waals surface area contributed by atoms with Crippen LogP contribution >= 0.6 is 11.6 Å². The number of amides is 4. The molecule has 162 valence electrons. The zero-order valence-corrected chi connectivity index (χ0v) is 17.9. The van der Waals surface area contributed by atoms with Crippen molar-refractivity contribution in [2.24, 2.45) is 0 Å². The van der Waals surface area contributed by atoms with Gasteiger partial charge in [0.25, 0.3) is 17.7 Å². The van der Waals surface area contributed by atoms with Crippen LogP contribution in [0.5, 0.6) is 0 Å². The molecular formula is C22H22ClN3O5. The van der Waals surface area contributed by atoms with Crippen molar-refractivity contribution in [1.29, 1.82) is 0 Å². The first-order chi connectivity index (χ1) is 14.8. The van der Waals surface area contributed by atoms with Gasteiger partial charge < -0.3 is 15.4 Å². The molecule has 3 rings (SSSR count). The number of nitrogens with zero attached hydrogens (tertiary/aromatic N) is 1. The SMILES string of the molecule is COCCNC(=O)c1ccc(NC(=O)CCN2C(=O)c3ccc(C)cc3C2=O)cc1Cl. The second kappa shape index (κ2) is 9.72. The van der Waals surface area contributed by atoms with Crippen LogP contribution in [0.2, 0.25) is 5.02 Å². The molecule has 0 saturated carbocycles. The number of rotatable bonds is 8. The number of hydrogen-bond acceptors (Lipinski definition) is 5. The maximum absolute atomic E-state index is 12.5. The van der Waals surface area contributed by atoms with Crippen molar-refractivity contribution in [3.8, 4) is 0 Å². The summed E-state index contributed by atoms with van der Waals surface area (Å²) in [5, 5.41) is 5.51. The highest BCUT2D eigenvalue weighted by molar-refractivity contribution is 6.34. The Balaban J connectivity index is 1.57. The third kappa shape index (κ3) is 5.10. The lowest BCUT2D eigenvalue weighted by Crippen LogP contribution is -2.32. The van der Waals surface area contributed by atoms with E-state index in [1.165, 1.54) is 19.2 Å². The lowest BCUT2D eigenvalue weighted by Gasteiger charge is -2.14. The molecule has 0 bridgehead atoms. The molecule has 1 aliphatic rings. The molecule has 0 atom stereocenters. The lowest BCUT2D eigenvalue weighted by molar-refractivity contribution is -0.116. The summed E-state index contributed by atoms with van der Waals surface area (Å²) in [6, 6.07) is 9.60. The molecule has 2 aromatic carbocycles. The Bertz CT molecular complexity index is 1050. The van der Waals surface area contributed by atoms with Gasteiger partial charge in [-0.25, -0.2) is 0 Å². The molecule has 1 aliphatic heterocycles. The van der Waals surface area contributed by atoms with Crippen LogP contribution in [-0.2, 0) is 9.53 Å². The van der Waals surface area contributed by atoms with Gasteiger partial charge in [-0.15, -0.1) is 0 Å². The van der Waals surface area contributed by atoms with Gasteiger partial charge in [0.05, 0.1) is 28.3 Å². The molecule has 0 saturated heterocycles. The van der Waals surface area contributed by atoms with E-state index in [4.69, 9.17) is 16.3 Å². The zero-order chi connectivity index (χ0) is 22.5. The van der Waals surface area contributed by atoms with Gasteiger partial charge in [0, 0.05) is 32.3 Å². The molecule has 0 aliphatic carbocycles. The molecule has 1 heterocycles. The summed E-state index contributed by atoms with van der Waals surface area (Å²) in [5.74, 6) is -1.54. The van der Waals surface area contributed by atoms with Crippen molar-refractivity contribution in [3.05, 3.63) is 63.7 Å². The van der Waals surface area contributed by atoms with Crippen molar-refractivity contribution in [2.45, 2.75) is 13.3 Å². The fourth-order valence-corrected chi connectivity index (χ4v) is 3.45. The largest absolute Gasteiger partial charge is 0.383 e. The quantitative estimate of drug-likeness (QED) is 0.482. The van der Waals surface area contributed by atoms with Gasteiger partial charge in [-0.1, -0.05) is 23.2 Å². The van der Waals surface area contributed by atoms with Crippen molar-refractivity contribution < 1.29 is 23.9 Å². The summed E-state index contributed by atoms with van der Waals surface area (Å²) >= 11 is 6.16. The maximum Gasteiger partial charge on any atom is 0.261 e. The third-order valence-electron chi connectivity index (χ3n) is 4.78. The highest BCUT2D eigenvalue weighted by Crippen LogP contribution is 2.24. The minimum Gasteiger partial charge on any atom is -0.383 e. The van der Waals surface area contributed by atoms with Gasteiger partial charge in [0.2, 0.25) is 5.91 Å². The average Bonchev–Trinajstić information content (AvgIpc) is 2.96. The van der Waals surface area contributed by atoms with Crippen molar-refractivity contribution in [2.75, 3.05) is 32.1 Å². The summed E-state index contributed by atoms with van der Waals surface area (Å²) in [7, 11) is 1.53. The van der Waals surface area contributed by atoms with Crippen LogP contribution in [0.1, 0.15) is 43.1 Å². The number of fused-ring (bicyclic) bond motifs is 1. The molecule has 2 N–H and O–H groups in total. The molecule has 4 amide bonds. The molecule has 0 radical (unpaired) electrons. The zero-order valence-electron chi connectivity index (χ0n) is 17.2. The first-order valence-electron chi connectivity index (χ1n) is 9.65. The molecule has 9 heteroatoms. The van der Waals surface area contributed by atoms with E-state index in [-0.39, 0.29) is 35.4 Å². The monoisotopic (exact) mass is 443 g/mol. The summed E-state index contributed by atoms with van der Waals surface area (Å²) in [4.78, 5) is 50.4. The normalized spacial score (nSPS) is 12.7. The van der Waals surface area contributed by atoms with Gasteiger partial charge in [-0.3, -0.25) is 24.1 Å². The number of imide groups is 1. The molecule has 31 heavy (non-hydrogen) atoms. The topological polar surface area (TPSA) is 105 Å². The predicted octanol–water partition coefficient (Wildman–Crippen LogP) is 2.65. The Labute approximate surface area is 184 Å². The Kier molecular flexibility index (Phi) is 7.04. The number of ether oxygens (including phenoxy) is 1. The van der Waals surface area contributed by atoms with Gasteiger partial charge in [0.1, 0.15) is 0 Å². The van der Waals surface area contributed by atoms with E-state index in [9.17, 15) is 19.2 Å². The number of carbonyl (C=O) groups excluding carboxylic acids is 4. The van der Waals surface area contributed by atoms with E-state index < -0.39 is 11.8 Å². The minimum absolute atomic E-state index is 0.0368. The molecule has 0 unspecified atom stereocenters. The highest BCUT2D eigenvalue weighted by atomic mass is 35.5. The Morgan fingerprint density at radius 2 is 1.81 bits per heavy atom. The second-order valence-corrected chi connectivity index (χ2v) is 7.46. The van der Waals surface area contributed by atoms with Crippen LogP contribution in [0.25, 0.3) is 0 Å². The number of hydrogen-bond donors (Lipinski definition) is 2. The number of nitrogens with one attached hydrogen (secondary N) is 2. The predicted molar refractivity (Wildman–Crippen MR) is 115 cm³/mol. The average molecular weight is 444 g/mol. The first-order valence-corrected chi connectivity index (χ1v) is 10.0. The molecule has 0 aromatic heterocycles. The molecule has 2 aromatic rings. The van der Waals surface area contributed by atoms with Crippen LogP contribution in [0.4, 0.5) is 5.69 Å². The standard InChI is InChI=1S/C22H22ClN3O5/c1-13-3-5-15-17(11-13)22(30)26(21(15)29)9-7-19(27)25-14-4-6-16(18(23)12-14)20(28)24-8-10-31-2/h3-6,11-12H,7-10H2,1-2H3,(H,24,28)(H,25,27). The summed E-state index contributed by atoms with van der Waals surface area (Å²) in [6.07, 6.45) is -0.0681. The fraction of sp³-hybridized carbons (Fsp3) is 0.273. The van der Waals surface area contributed by atoms with E-state index >= 15 is 0 Å². The highest BCUT2D eigenvalue weighted by Gasteiger charge is 2.35. The lowest BCUT2D eigenvalue weighted by atomic mass is 10.1. The van der Waals surface area contributed by atoms with E-state index in [0.29, 0.717) is 30.0 Å². The molecular weight excluding hydrogens is 422 g/mol. The van der Waals surface area contributed by atoms with Crippen LogP contribution in [0.15, 0.2) is 36.4 Å². The van der Waals surface area contributed by atoms with Crippen LogP contribution in [0, 0.1) is 6.92 Å². The summed E-state index contributed by atoms with van der Waals surface area (Å²) in [5.41, 5.74) is 2.27. The van der Waals surface area contributed by atoms with Gasteiger partial charge in [-0.2, -0.15) is 0 Å². The number of anilines is 1. The number of aryl methyl sites for hydroxylation is 1. The maximum atomic E-state index is 12.5. The van der Waals surface area contributed by atoms with Gasteiger partial charge >= 0.3 is 0 Å². The van der Waals surface area contributed by atoms with Crippen LogP contribution in [-0.4, -0.2) is 55.3 Å². The third-order valence-corrected chi connectivity index (χ3v) is 5.09. The number of halogens is 1. The second-order valence-electron chi connectivity index (χ2n) is 7.05. The van der Waals surface area contributed by atoms with E-state index in [1.807, 2.05) is 6.92 Å². The Morgan fingerprint density at radius 1 is 1.06 bits per heavy atom. The smallest absolute Gasteiger partial charge is 0.261 e. The fourth-order valence-electron chi connectivity index (χ4n) is 3.18. The number of methoxy groups -OCH3 is 1. The van der Waals surface area contributed by atoms with Crippen molar-refractivity contribution >= 4 is 40.9 Å². The Hall–Kier alpha value is -3.23. The number of benzene rings is 2. The van der Waals surface area contributed by atoms with E-state index in [2.05, 4.69) is 10.6 Å². The van der Waals surface area contributed by atoms with Crippen LogP contribution in [0.3, 0.4) is 0 Å². The Morgan fingerprint density at radius 3 is 2.52 bits per heavy atom. The van der Waals surface area contributed by atoms with E-state index in [0.717, 1.165) is 10.5 Å². The first kappa shape index (κ1) is 22.5. The van der Waals surface area contributed by atoms with Crippen molar-refractivity contribution in [1.82, 2.24) is 10.2 Å². The van der Waals surface area contributed by atoms with Gasteiger partial charge in [-0.05, 0) is 37.3 Å². The number of carbonyl (C=O) groups is 4. The minimum atomic E-state index is -0.403. The van der Waals surface area contributed by atoms with E-state index in [1.54, 1.807) is 24.3 Å². The molecule has 8 nitrogen and oxygen atoms in total. The summed E-state index contributed by atoms with van der Waals surface area (Å²) in [6.45, 7) is 2.53. The van der Waals surface area contributed by atoms with Gasteiger partial charge in [0.15, 0.2) is 0 Å².